The van der Waals surface area contributed by atoms with E-state index in [1.807, 2.05) is 0 Å². The second-order valence-corrected chi connectivity index (χ2v) is 6.60. The summed E-state index contributed by atoms with van der Waals surface area (Å²) in [5.41, 5.74) is 1.23. The summed E-state index contributed by atoms with van der Waals surface area (Å²) in [5.74, 6) is 0.523. The number of halogens is 1. The van der Waals surface area contributed by atoms with Gasteiger partial charge in [-0.3, -0.25) is 0 Å². The van der Waals surface area contributed by atoms with Gasteiger partial charge in [-0.15, -0.1) is 0 Å². The standard InChI is InChI=1S/C16H19BrN2O2/c1-11(12-5-8-18(9-6-12)16(20)21)19-10-7-13-14(17)3-2-4-15(13)19/h2-4,7,10-12H,5-6,8-9H2,1H3,(H,20,21). The fraction of sp³-hybridized carbons (Fsp3) is 0.438. The number of rotatable bonds is 2. The predicted octanol–water partition coefficient (Wildman–Crippen LogP) is 4.35. The highest BCUT2D eigenvalue weighted by Crippen LogP contribution is 2.33. The molecule has 2 aromatic rings. The molecule has 0 bridgehead atoms. The SMILES string of the molecule is CC(C1CCN(C(=O)O)CC1)n1ccc2c(Br)cccc21. The van der Waals surface area contributed by atoms with E-state index in [0.717, 1.165) is 17.3 Å². The second kappa shape index (κ2) is 5.72. The van der Waals surface area contributed by atoms with E-state index in [2.05, 4.69) is 57.9 Å². The van der Waals surface area contributed by atoms with Crippen LogP contribution in [0.4, 0.5) is 4.79 Å². The van der Waals surface area contributed by atoms with Crippen molar-refractivity contribution in [2.24, 2.45) is 5.92 Å². The molecule has 1 atom stereocenters. The summed E-state index contributed by atoms with van der Waals surface area (Å²) in [6.07, 6.45) is 3.21. The Hall–Kier alpha value is -1.49. The molecule has 1 N–H and O–H groups in total. The van der Waals surface area contributed by atoms with Gasteiger partial charge in [0.25, 0.3) is 0 Å². The van der Waals surface area contributed by atoms with Crippen molar-refractivity contribution in [2.45, 2.75) is 25.8 Å². The summed E-state index contributed by atoms with van der Waals surface area (Å²) in [5, 5.41) is 10.3. The van der Waals surface area contributed by atoms with Gasteiger partial charge < -0.3 is 14.6 Å². The van der Waals surface area contributed by atoms with Crippen LogP contribution in [0, 0.1) is 5.92 Å². The van der Waals surface area contributed by atoms with Crippen molar-refractivity contribution in [2.75, 3.05) is 13.1 Å². The van der Waals surface area contributed by atoms with Crippen LogP contribution in [0.5, 0.6) is 0 Å². The van der Waals surface area contributed by atoms with E-state index < -0.39 is 6.09 Å². The summed E-state index contributed by atoms with van der Waals surface area (Å²) >= 11 is 3.59. The third-order valence-corrected chi connectivity index (χ3v) is 5.33. The third-order valence-electron chi connectivity index (χ3n) is 4.64. The number of amides is 1. The van der Waals surface area contributed by atoms with Crippen LogP contribution in [-0.2, 0) is 0 Å². The van der Waals surface area contributed by atoms with Crippen LogP contribution in [0.2, 0.25) is 0 Å². The number of nitrogens with zero attached hydrogens (tertiary/aromatic N) is 2. The van der Waals surface area contributed by atoms with Crippen LogP contribution in [0.1, 0.15) is 25.8 Å². The smallest absolute Gasteiger partial charge is 0.407 e. The van der Waals surface area contributed by atoms with Gasteiger partial charge >= 0.3 is 6.09 Å². The first-order valence-corrected chi connectivity index (χ1v) is 8.10. The number of carbonyl (C=O) groups is 1. The molecular formula is C16H19BrN2O2. The van der Waals surface area contributed by atoms with Gasteiger partial charge in [0.05, 0.1) is 0 Å². The molecule has 0 spiro atoms. The molecular weight excluding hydrogens is 332 g/mol. The number of hydrogen-bond acceptors (Lipinski definition) is 1. The Labute approximate surface area is 132 Å². The Bertz CT molecular complexity index is 659. The molecule has 21 heavy (non-hydrogen) atoms. The van der Waals surface area contributed by atoms with Gasteiger partial charge in [0.15, 0.2) is 0 Å². The lowest BCUT2D eigenvalue weighted by atomic mass is 9.90. The average molecular weight is 351 g/mol. The quantitative estimate of drug-likeness (QED) is 0.874. The predicted molar refractivity (Wildman–Crippen MR) is 86.7 cm³/mol. The Kier molecular flexibility index (Phi) is 3.93. The van der Waals surface area contributed by atoms with Crippen LogP contribution in [0.3, 0.4) is 0 Å². The molecule has 1 aromatic heterocycles. The first kappa shape index (κ1) is 14.4. The zero-order valence-corrected chi connectivity index (χ0v) is 13.6. The van der Waals surface area contributed by atoms with Gasteiger partial charge in [0.2, 0.25) is 0 Å². The topological polar surface area (TPSA) is 45.5 Å². The minimum absolute atomic E-state index is 0.382. The molecule has 1 aliphatic rings. The maximum atomic E-state index is 11.0. The van der Waals surface area contributed by atoms with E-state index in [1.165, 1.54) is 15.8 Å². The number of aromatic nitrogens is 1. The molecule has 1 fully saturated rings. The maximum absolute atomic E-state index is 11.0. The first-order chi connectivity index (χ1) is 10.1. The van der Waals surface area contributed by atoms with Gasteiger partial charge in [-0.05, 0) is 43.9 Å². The molecule has 1 aliphatic heterocycles. The van der Waals surface area contributed by atoms with Gasteiger partial charge in [0, 0.05) is 40.7 Å². The van der Waals surface area contributed by atoms with Gasteiger partial charge in [-0.1, -0.05) is 22.0 Å². The summed E-state index contributed by atoms with van der Waals surface area (Å²) in [6.45, 7) is 3.53. The number of hydrogen-bond donors (Lipinski definition) is 1. The van der Waals surface area contributed by atoms with Crippen LogP contribution in [0.15, 0.2) is 34.9 Å². The van der Waals surface area contributed by atoms with Crippen molar-refractivity contribution in [3.05, 3.63) is 34.9 Å². The minimum Gasteiger partial charge on any atom is -0.465 e. The molecule has 0 saturated carbocycles. The lowest BCUT2D eigenvalue weighted by Gasteiger charge is -2.34. The molecule has 4 nitrogen and oxygen atoms in total. The van der Waals surface area contributed by atoms with Crippen molar-refractivity contribution in [1.29, 1.82) is 0 Å². The molecule has 1 saturated heterocycles. The van der Waals surface area contributed by atoms with E-state index >= 15 is 0 Å². The molecule has 0 radical (unpaired) electrons. The summed E-state index contributed by atoms with van der Waals surface area (Å²) in [7, 11) is 0. The zero-order chi connectivity index (χ0) is 15.0. The summed E-state index contributed by atoms with van der Waals surface area (Å²) in [6, 6.07) is 8.78. The number of likely N-dealkylation sites (tertiary alicyclic amines) is 1. The highest BCUT2D eigenvalue weighted by molar-refractivity contribution is 9.10. The molecule has 112 valence electrons. The van der Waals surface area contributed by atoms with E-state index in [9.17, 15) is 4.79 Å². The Morgan fingerprint density at radius 1 is 1.33 bits per heavy atom. The number of fused-ring (bicyclic) bond motifs is 1. The molecule has 0 aliphatic carbocycles. The van der Waals surface area contributed by atoms with Crippen LogP contribution in [-0.4, -0.2) is 33.8 Å². The lowest BCUT2D eigenvalue weighted by molar-refractivity contribution is 0.116. The number of carboxylic acid groups (broad SMARTS) is 1. The first-order valence-electron chi connectivity index (χ1n) is 7.31. The molecule has 1 aromatic carbocycles. The molecule has 3 rings (SSSR count). The number of piperidine rings is 1. The summed E-state index contributed by atoms with van der Waals surface area (Å²) < 4.78 is 3.44. The van der Waals surface area contributed by atoms with Crippen molar-refractivity contribution >= 4 is 32.9 Å². The Morgan fingerprint density at radius 2 is 2.05 bits per heavy atom. The molecule has 5 heteroatoms. The van der Waals surface area contributed by atoms with E-state index in [1.54, 1.807) is 0 Å². The van der Waals surface area contributed by atoms with Crippen molar-refractivity contribution in [1.82, 2.24) is 9.47 Å². The number of benzene rings is 1. The van der Waals surface area contributed by atoms with E-state index in [0.29, 0.717) is 25.0 Å². The van der Waals surface area contributed by atoms with Crippen molar-refractivity contribution in [3.8, 4) is 0 Å². The van der Waals surface area contributed by atoms with Crippen LogP contribution in [0.25, 0.3) is 10.9 Å². The molecule has 1 amide bonds. The fourth-order valence-electron chi connectivity index (χ4n) is 3.31. The van der Waals surface area contributed by atoms with Crippen molar-refractivity contribution in [3.63, 3.8) is 0 Å². The normalized spacial score (nSPS) is 18.1. The Morgan fingerprint density at radius 3 is 2.71 bits per heavy atom. The average Bonchev–Trinajstić information content (AvgIpc) is 2.92. The van der Waals surface area contributed by atoms with Gasteiger partial charge in [-0.2, -0.15) is 0 Å². The zero-order valence-electron chi connectivity index (χ0n) is 12.0. The van der Waals surface area contributed by atoms with Gasteiger partial charge in [-0.25, -0.2) is 4.79 Å². The summed E-state index contributed by atoms with van der Waals surface area (Å²) in [4.78, 5) is 12.5. The highest BCUT2D eigenvalue weighted by atomic mass is 79.9. The maximum Gasteiger partial charge on any atom is 0.407 e. The molecule has 2 heterocycles. The van der Waals surface area contributed by atoms with Gasteiger partial charge in [0.1, 0.15) is 0 Å². The largest absolute Gasteiger partial charge is 0.465 e. The van der Waals surface area contributed by atoms with Crippen LogP contribution < -0.4 is 0 Å². The Balaban J connectivity index is 1.80. The third kappa shape index (κ3) is 2.67. The van der Waals surface area contributed by atoms with Crippen LogP contribution >= 0.6 is 15.9 Å². The van der Waals surface area contributed by atoms with E-state index in [4.69, 9.17) is 5.11 Å². The molecule has 1 unspecified atom stereocenters. The van der Waals surface area contributed by atoms with Crippen molar-refractivity contribution < 1.29 is 9.90 Å². The van der Waals surface area contributed by atoms with E-state index in [-0.39, 0.29) is 0 Å². The fourth-order valence-corrected chi connectivity index (χ4v) is 3.79. The lowest BCUT2D eigenvalue weighted by Crippen LogP contribution is -2.39. The monoisotopic (exact) mass is 350 g/mol. The highest BCUT2D eigenvalue weighted by Gasteiger charge is 2.27. The second-order valence-electron chi connectivity index (χ2n) is 5.74. The minimum atomic E-state index is -0.795.